The second kappa shape index (κ2) is 6.80. The van der Waals surface area contributed by atoms with Gasteiger partial charge in [-0.05, 0) is 31.6 Å². The van der Waals surface area contributed by atoms with Gasteiger partial charge >= 0.3 is 0 Å². The average Bonchev–Trinajstić information content (AvgIpc) is 2.48. The van der Waals surface area contributed by atoms with Crippen LogP contribution < -0.4 is 9.47 Å². The van der Waals surface area contributed by atoms with Crippen LogP contribution in [-0.2, 0) is 0 Å². The van der Waals surface area contributed by atoms with Gasteiger partial charge in [-0.1, -0.05) is 43.0 Å². The Balaban J connectivity index is 2.41. The fraction of sp³-hybridized carbons (Fsp3) is 0.222. The third-order valence-corrected chi connectivity index (χ3v) is 3.02. The van der Waals surface area contributed by atoms with Crippen molar-refractivity contribution in [2.24, 2.45) is 0 Å². The first-order valence-electron chi connectivity index (χ1n) is 6.91. The summed E-state index contributed by atoms with van der Waals surface area (Å²) in [6.07, 6.45) is 0. The highest BCUT2D eigenvalue weighted by Gasteiger charge is 2.12. The second-order valence-electron chi connectivity index (χ2n) is 4.34. The average molecular weight is 268 g/mol. The first kappa shape index (κ1) is 14.2. The predicted octanol–water partition coefficient (Wildman–Crippen LogP) is 4.55. The lowest BCUT2D eigenvalue weighted by molar-refractivity contribution is 0.337. The van der Waals surface area contributed by atoms with Crippen LogP contribution in [0.5, 0.6) is 11.5 Å². The normalized spacial score (nSPS) is 10.1. The summed E-state index contributed by atoms with van der Waals surface area (Å²) in [5.41, 5.74) is 2.92. The van der Waals surface area contributed by atoms with Gasteiger partial charge in [0, 0.05) is 11.1 Å². The van der Waals surface area contributed by atoms with Crippen LogP contribution in [0.15, 0.2) is 55.1 Å². The van der Waals surface area contributed by atoms with Crippen molar-refractivity contribution in [3.8, 4) is 11.5 Å². The van der Waals surface area contributed by atoms with Gasteiger partial charge < -0.3 is 9.47 Å². The topological polar surface area (TPSA) is 18.5 Å². The van der Waals surface area contributed by atoms with Gasteiger partial charge in [0.15, 0.2) is 0 Å². The van der Waals surface area contributed by atoms with Crippen LogP contribution in [0.3, 0.4) is 0 Å². The van der Waals surface area contributed by atoms with Crippen LogP contribution in [0, 0.1) is 0 Å². The summed E-state index contributed by atoms with van der Waals surface area (Å²) in [5, 5.41) is 0. The Morgan fingerprint density at radius 3 is 1.60 bits per heavy atom. The third kappa shape index (κ3) is 3.02. The molecule has 2 aromatic carbocycles. The Morgan fingerprint density at radius 2 is 1.20 bits per heavy atom. The van der Waals surface area contributed by atoms with Gasteiger partial charge in [-0.2, -0.15) is 0 Å². The Bertz CT molecular complexity index is 536. The van der Waals surface area contributed by atoms with Crippen LogP contribution in [0.1, 0.15) is 25.0 Å². The minimum atomic E-state index is 0.636. The Labute approximate surface area is 120 Å². The molecule has 2 nitrogen and oxygen atoms in total. The highest BCUT2D eigenvalue weighted by atomic mass is 16.5. The fourth-order valence-electron chi connectivity index (χ4n) is 2.14. The monoisotopic (exact) mass is 268 g/mol. The van der Waals surface area contributed by atoms with Crippen LogP contribution in [-0.4, -0.2) is 13.2 Å². The quantitative estimate of drug-likeness (QED) is 0.765. The lowest BCUT2D eigenvalue weighted by Gasteiger charge is -2.15. The Hall–Kier alpha value is -2.22. The number of hydrogen-bond donors (Lipinski definition) is 0. The smallest absolute Gasteiger partial charge is 0.127 e. The van der Waals surface area contributed by atoms with Crippen molar-refractivity contribution < 1.29 is 9.47 Å². The number of para-hydroxylation sites is 2. The molecule has 0 N–H and O–H groups in total. The molecule has 0 aromatic heterocycles. The van der Waals surface area contributed by atoms with E-state index in [4.69, 9.17) is 9.47 Å². The first-order chi connectivity index (χ1) is 9.77. The largest absolute Gasteiger partial charge is 0.493 e. The van der Waals surface area contributed by atoms with E-state index in [0.717, 1.165) is 28.2 Å². The molecule has 0 saturated carbocycles. The molecule has 0 atom stereocenters. The summed E-state index contributed by atoms with van der Waals surface area (Å²) < 4.78 is 11.4. The van der Waals surface area contributed by atoms with Gasteiger partial charge in [0.05, 0.1) is 13.2 Å². The Kier molecular flexibility index (Phi) is 4.83. The van der Waals surface area contributed by atoms with Crippen LogP contribution >= 0.6 is 0 Å². The molecule has 2 aromatic rings. The van der Waals surface area contributed by atoms with E-state index >= 15 is 0 Å². The van der Waals surface area contributed by atoms with E-state index in [1.165, 1.54) is 0 Å². The van der Waals surface area contributed by atoms with Crippen molar-refractivity contribution in [1.82, 2.24) is 0 Å². The molecule has 2 heteroatoms. The predicted molar refractivity (Wildman–Crippen MR) is 83.4 cm³/mol. The number of benzene rings is 2. The van der Waals surface area contributed by atoms with E-state index < -0.39 is 0 Å². The fourth-order valence-corrected chi connectivity index (χ4v) is 2.14. The maximum atomic E-state index is 5.68. The highest BCUT2D eigenvalue weighted by Crippen LogP contribution is 2.34. The molecule has 0 aliphatic heterocycles. The van der Waals surface area contributed by atoms with E-state index in [1.807, 2.05) is 62.4 Å². The van der Waals surface area contributed by atoms with Crippen LogP contribution in [0.25, 0.3) is 5.57 Å². The molecule has 0 fully saturated rings. The summed E-state index contributed by atoms with van der Waals surface area (Å²) in [6.45, 7) is 9.45. The molecule has 0 bridgehead atoms. The summed E-state index contributed by atoms with van der Waals surface area (Å²) >= 11 is 0. The van der Waals surface area contributed by atoms with Gasteiger partial charge in [-0.3, -0.25) is 0 Å². The molecular formula is C18H20O2. The van der Waals surface area contributed by atoms with E-state index in [2.05, 4.69) is 6.58 Å². The zero-order valence-corrected chi connectivity index (χ0v) is 12.1. The van der Waals surface area contributed by atoms with Crippen molar-refractivity contribution in [3.63, 3.8) is 0 Å². The third-order valence-electron chi connectivity index (χ3n) is 3.02. The van der Waals surface area contributed by atoms with Gasteiger partial charge in [0.25, 0.3) is 0 Å². The van der Waals surface area contributed by atoms with Crippen molar-refractivity contribution in [3.05, 3.63) is 66.2 Å². The van der Waals surface area contributed by atoms with Crippen LogP contribution in [0.4, 0.5) is 0 Å². The molecule has 0 aliphatic rings. The van der Waals surface area contributed by atoms with E-state index in [0.29, 0.717) is 13.2 Å². The van der Waals surface area contributed by atoms with Gasteiger partial charge in [0.1, 0.15) is 11.5 Å². The molecule has 0 saturated heterocycles. The van der Waals surface area contributed by atoms with Crippen molar-refractivity contribution in [2.75, 3.05) is 13.2 Å². The highest BCUT2D eigenvalue weighted by molar-refractivity contribution is 5.83. The van der Waals surface area contributed by atoms with Crippen molar-refractivity contribution >= 4 is 5.57 Å². The molecule has 0 aliphatic carbocycles. The summed E-state index contributed by atoms with van der Waals surface area (Å²) in [5.74, 6) is 1.71. The standard InChI is InChI=1S/C18H20O2/c1-4-19-17-12-8-6-10-15(17)14(3)16-11-7-9-13-18(16)20-5-2/h6-13H,3-5H2,1-2H3. The van der Waals surface area contributed by atoms with Crippen LogP contribution in [0.2, 0.25) is 0 Å². The molecule has 0 radical (unpaired) electrons. The first-order valence-corrected chi connectivity index (χ1v) is 6.91. The minimum absolute atomic E-state index is 0.636. The maximum absolute atomic E-state index is 5.68. The number of rotatable bonds is 6. The zero-order chi connectivity index (χ0) is 14.4. The van der Waals surface area contributed by atoms with E-state index in [9.17, 15) is 0 Å². The zero-order valence-electron chi connectivity index (χ0n) is 12.1. The maximum Gasteiger partial charge on any atom is 0.127 e. The van der Waals surface area contributed by atoms with Gasteiger partial charge in [-0.15, -0.1) is 0 Å². The Morgan fingerprint density at radius 1 is 0.800 bits per heavy atom. The van der Waals surface area contributed by atoms with Crippen molar-refractivity contribution in [1.29, 1.82) is 0 Å². The number of ether oxygens (including phenoxy) is 2. The lowest BCUT2D eigenvalue weighted by Crippen LogP contribution is -1.99. The summed E-state index contributed by atoms with van der Waals surface area (Å²) in [4.78, 5) is 0. The molecule has 0 unspecified atom stereocenters. The van der Waals surface area contributed by atoms with E-state index in [-0.39, 0.29) is 0 Å². The number of hydrogen-bond acceptors (Lipinski definition) is 2. The molecule has 20 heavy (non-hydrogen) atoms. The second-order valence-corrected chi connectivity index (χ2v) is 4.34. The molecular weight excluding hydrogens is 248 g/mol. The van der Waals surface area contributed by atoms with E-state index in [1.54, 1.807) is 0 Å². The minimum Gasteiger partial charge on any atom is -0.493 e. The van der Waals surface area contributed by atoms with Crippen molar-refractivity contribution in [2.45, 2.75) is 13.8 Å². The molecule has 0 heterocycles. The SMILES string of the molecule is C=C(c1ccccc1OCC)c1ccccc1OCC. The summed E-state index contributed by atoms with van der Waals surface area (Å²) in [7, 11) is 0. The lowest BCUT2D eigenvalue weighted by atomic mass is 9.98. The summed E-state index contributed by atoms with van der Waals surface area (Å²) in [6, 6.07) is 15.9. The molecule has 0 amide bonds. The molecule has 104 valence electrons. The van der Waals surface area contributed by atoms with Gasteiger partial charge in [-0.25, -0.2) is 0 Å². The molecule has 0 spiro atoms. The molecule has 2 rings (SSSR count). The van der Waals surface area contributed by atoms with Gasteiger partial charge in [0.2, 0.25) is 0 Å².